The molecule has 1 saturated heterocycles. The SMILES string of the molecule is CC1=CN(c2ccccc2O)C(=O)/C(=C(/CN)C(=O)Nc2ccc(N3CCOCC3)cc2)N1. The number of allylic oxidation sites excluding steroid dienone is 1. The van der Waals surface area contributed by atoms with E-state index in [0.29, 0.717) is 30.3 Å². The zero-order valence-corrected chi connectivity index (χ0v) is 18.4. The van der Waals surface area contributed by atoms with E-state index < -0.39 is 11.8 Å². The average molecular weight is 450 g/mol. The van der Waals surface area contributed by atoms with Crippen LogP contribution in [0.5, 0.6) is 5.75 Å². The van der Waals surface area contributed by atoms with Gasteiger partial charge in [0.15, 0.2) is 0 Å². The van der Waals surface area contributed by atoms with Crippen molar-refractivity contribution in [2.45, 2.75) is 6.92 Å². The molecule has 5 N–H and O–H groups in total. The Morgan fingerprint density at radius 2 is 1.85 bits per heavy atom. The Kier molecular flexibility index (Phi) is 6.62. The van der Waals surface area contributed by atoms with Gasteiger partial charge in [0, 0.05) is 42.9 Å². The highest BCUT2D eigenvalue weighted by Crippen LogP contribution is 2.30. The molecule has 0 radical (unpaired) electrons. The lowest BCUT2D eigenvalue weighted by Gasteiger charge is -2.29. The first-order chi connectivity index (χ1) is 16.0. The number of anilines is 3. The van der Waals surface area contributed by atoms with Crippen molar-refractivity contribution in [2.24, 2.45) is 5.73 Å². The Hall–Kier alpha value is -3.82. The van der Waals surface area contributed by atoms with Crippen molar-refractivity contribution in [3.8, 4) is 5.75 Å². The van der Waals surface area contributed by atoms with Crippen LogP contribution in [0.2, 0.25) is 0 Å². The van der Waals surface area contributed by atoms with Crippen LogP contribution >= 0.6 is 0 Å². The molecule has 2 amide bonds. The van der Waals surface area contributed by atoms with E-state index >= 15 is 0 Å². The van der Waals surface area contributed by atoms with Gasteiger partial charge in [0.05, 0.1) is 24.5 Å². The third-order valence-corrected chi connectivity index (χ3v) is 5.50. The van der Waals surface area contributed by atoms with E-state index in [-0.39, 0.29) is 23.6 Å². The molecule has 2 aliphatic heterocycles. The van der Waals surface area contributed by atoms with Gasteiger partial charge in [-0.15, -0.1) is 0 Å². The number of nitrogens with zero attached hydrogens (tertiary/aromatic N) is 2. The second kappa shape index (κ2) is 9.76. The number of rotatable bonds is 5. The molecule has 0 spiro atoms. The van der Waals surface area contributed by atoms with Crippen molar-refractivity contribution in [2.75, 3.05) is 48.0 Å². The molecule has 0 aromatic heterocycles. The summed E-state index contributed by atoms with van der Waals surface area (Å²) in [6.07, 6.45) is 1.57. The largest absolute Gasteiger partial charge is 0.506 e. The molecule has 33 heavy (non-hydrogen) atoms. The van der Waals surface area contributed by atoms with Gasteiger partial charge < -0.3 is 31.1 Å². The molecule has 0 unspecified atom stereocenters. The number of nitrogens with two attached hydrogens (primary N) is 1. The number of phenolic OH excluding ortho intramolecular Hbond substituents is 1. The summed E-state index contributed by atoms with van der Waals surface area (Å²) >= 11 is 0. The number of para-hydroxylation sites is 2. The third kappa shape index (κ3) is 4.84. The number of aromatic hydroxyl groups is 1. The van der Waals surface area contributed by atoms with E-state index in [0.717, 1.165) is 18.8 Å². The number of hydrogen-bond donors (Lipinski definition) is 4. The number of carbonyl (C=O) groups excluding carboxylic acids is 2. The zero-order valence-electron chi connectivity index (χ0n) is 18.4. The van der Waals surface area contributed by atoms with Crippen LogP contribution in [0.4, 0.5) is 17.1 Å². The van der Waals surface area contributed by atoms with E-state index in [2.05, 4.69) is 15.5 Å². The lowest BCUT2D eigenvalue weighted by Crippen LogP contribution is -2.41. The Morgan fingerprint density at radius 1 is 1.15 bits per heavy atom. The maximum Gasteiger partial charge on any atom is 0.279 e. The van der Waals surface area contributed by atoms with Crippen LogP contribution in [-0.4, -0.2) is 49.8 Å². The summed E-state index contributed by atoms with van der Waals surface area (Å²) in [5.41, 5.74) is 8.66. The number of hydrogen-bond acceptors (Lipinski definition) is 7. The minimum Gasteiger partial charge on any atom is -0.506 e. The third-order valence-electron chi connectivity index (χ3n) is 5.50. The minimum atomic E-state index is -0.486. The summed E-state index contributed by atoms with van der Waals surface area (Å²) in [6, 6.07) is 14.0. The molecule has 0 saturated carbocycles. The Bertz CT molecular complexity index is 1100. The van der Waals surface area contributed by atoms with Crippen LogP contribution in [0.1, 0.15) is 6.92 Å². The van der Waals surface area contributed by atoms with Gasteiger partial charge in [-0.25, -0.2) is 0 Å². The van der Waals surface area contributed by atoms with Crippen LogP contribution < -0.4 is 26.2 Å². The van der Waals surface area contributed by atoms with E-state index in [1.165, 1.54) is 11.0 Å². The van der Waals surface area contributed by atoms with Crippen molar-refractivity contribution in [1.29, 1.82) is 0 Å². The summed E-state index contributed by atoms with van der Waals surface area (Å²) in [5.74, 6) is -1.00. The Labute approximate surface area is 192 Å². The van der Waals surface area contributed by atoms with Crippen molar-refractivity contribution in [3.63, 3.8) is 0 Å². The van der Waals surface area contributed by atoms with Gasteiger partial charge in [-0.05, 0) is 43.3 Å². The first-order valence-electron chi connectivity index (χ1n) is 10.7. The second-order valence-electron chi connectivity index (χ2n) is 7.76. The van der Waals surface area contributed by atoms with Crippen molar-refractivity contribution in [1.82, 2.24) is 5.32 Å². The van der Waals surface area contributed by atoms with Gasteiger partial charge in [0.25, 0.3) is 11.8 Å². The van der Waals surface area contributed by atoms with Crippen molar-refractivity contribution < 1.29 is 19.4 Å². The van der Waals surface area contributed by atoms with Crippen LogP contribution in [-0.2, 0) is 14.3 Å². The predicted molar refractivity (Wildman–Crippen MR) is 127 cm³/mol. The standard InChI is InChI=1S/C24H27N5O4/c1-16-15-29(20-4-2-3-5-21(20)30)24(32)22(26-16)19(14-25)23(31)27-17-6-8-18(9-7-17)28-10-12-33-13-11-28/h2-9,15,26,30H,10-14,25H2,1H3,(H,27,31)/b22-19+. The smallest absolute Gasteiger partial charge is 0.279 e. The van der Waals surface area contributed by atoms with E-state index in [4.69, 9.17) is 10.5 Å². The molecular weight excluding hydrogens is 422 g/mol. The molecule has 2 heterocycles. The fraction of sp³-hybridized carbons (Fsp3) is 0.250. The van der Waals surface area contributed by atoms with Crippen molar-refractivity contribution in [3.05, 3.63) is 71.7 Å². The summed E-state index contributed by atoms with van der Waals surface area (Å²) < 4.78 is 5.38. The topological polar surface area (TPSA) is 120 Å². The monoisotopic (exact) mass is 449 g/mol. The molecule has 0 bridgehead atoms. The molecule has 2 aromatic carbocycles. The molecule has 172 valence electrons. The minimum absolute atomic E-state index is 0.0461. The summed E-state index contributed by atoms with van der Waals surface area (Å²) in [6.45, 7) is 4.65. The molecular formula is C24H27N5O4. The number of ether oxygens (including phenoxy) is 1. The number of benzene rings is 2. The van der Waals surface area contributed by atoms with E-state index in [9.17, 15) is 14.7 Å². The van der Waals surface area contributed by atoms with Gasteiger partial charge in [-0.1, -0.05) is 12.1 Å². The van der Waals surface area contributed by atoms with E-state index in [1.54, 1.807) is 31.3 Å². The number of nitrogens with one attached hydrogen (secondary N) is 2. The second-order valence-corrected chi connectivity index (χ2v) is 7.76. The summed E-state index contributed by atoms with van der Waals surface area (Å²) in [5, 5.41) is 16.0. The summed E-state index contributed by atoms with van der Waals surface area (Å²) in [4.78, 5) is 29.8. The predicted octanol–water partition coefficient (Wildman–Crippen LogP) is 1.88. The maximum absolute atomic E-state index is 13.2. The quantitative estimate of drug-likeness (QED) is 0.515. The molecule has 2 aliphatic rings. The maximum atomic E-state index is 13.2. The van der Waals surface area contributed by atoms with Crippen LogP contribution in [0.15, 0.2) is 71.7 Å². The normalized spacial score (nSPS) is 17.9. The van der Waals surface area contributed by atoms with Gasteiger partial charge in [-0.3, -0.25) is 14.5 Å². The van der Waals surface area contributed by atoms with Gasteiger partial charge in [-0.2, -0.15) is 0 Å². The zero-order chi connectivity index (χ0) is 23.4. The number of amides is 2. The van der Waals surface area contributed by atoms with Gasteiger partial charge in [0.1, 0.15) is 11.4 Å². The molecule has 0 aliphatic carbocycles. The molecule has 9 nitrogen and oxygen atoms in total. The van der Waals surface area contributed by atoms with Crippen LogP contribution in [0.25, 0.3) is 0 Å². The highest BCUT2D eigenvalue weighted by molar-refractivity contribution is 6.15. The average Bonchev–Trinajstić information content (AvgIpc) is 2.83. The van der Waals surface area contributed by atoms with Gasteiger partial charge in [0.2, 0.25) is 0 Å². The van der Waals surface area contributed by atoms with Gasteiger partial charge >= 0.3 is 0 Å². The molecule has 2 aromatic rings. The highest BCUT2D eigenvalue weighted by Gasteiger charge is 2.29. The summed E-state index contributed by atoms with van der Waals surface area (Å²) in [7, 11) is 0. The van der Waals surface area contributed by atoms with Crippen LogP contribution in [0.3, 0.4) is 0 Å². The van der Waals surface area contributed by atoms with Crippen LogP contribution in [0, 0.1) is 0 Å². The number of morpholine rings is 1. The highest BCUT2D eigenvalue weighted by atomic mass is 16.5. The number of phenols is 1. The number of carbonyl (C=O) groups is 2. The Balaban J connectivity index is 1.55. The fourth-order valence-electron chi connectivity index (χ4n) is 3.80. The first kappa shape index (κ1) is 22.4. The van der Waals surface area contributed by atoms with E-state index in [1.807, 2.05) is 24.3 Å². The lowest BCUT2D eigenvalue weighted by molar-refractivity contribution is -0.116. The molecule has 4 rings (SSSR count). The Morgan fingerprint density at radius 3 is 2.52 bits per heavy atom. The lowest BCUT2D eigenvalue weighted by atomic mass is 10.1. The fourth-order valence-corrected chi connectivity index (χ4v) is 3.80. The van der Waals surface area contributed by atoms with Crippen molar-refractivity contribution >= 4 is 28.9 Å². The molecule has 1 fully saturated rings. The molecule has 9 heteroatoms. The first-order valence-corrected chi connectivity index (χ1v) is 10.7. The molecule has 0 atom stereocenters.